The summed E-state index contributed by atoms with van der Waals surface area (Å²) in [6.07, 6.45) is 0.471. The summed E-state index contributed by atoms with van der Waals surface area (Å²) >= 11 is 0. The predicted molar refractivity (Wildman–Crippen MR) is 94.2 cm³/mol. The lowest BCUT2D eigenvalue weighted by Gasteiger charge is -2.28. The monoisotopic (exact) mass is 354 g/mol. The summed E-state index contributed by atoms with van der Waals surface area (Å²) in [7, 11) is 0. The van der Waals surface area contributed by atoms with Crippen molar-refractivity contribution in [3.8, 4) is 11.8 Å². The molecule has 0 amide bonds. The molecule has 134 valence electrons. The molecule has 2 aromatic rings. The Kier molecular flexibility index (Phi) is 4.16. The van der Waals surface area contributed by atoms with E-state index < -0.39 is 17.6 Å². The van der Waals surface area contributed by atoms with Gasteiger partial charge >= 0.3 is 0 Å². The zero-order valence-corrected chi connectivity index (χ0v) is 14.6. The van der Waals surface area contributed by atoms with Crippen molar-refractivity contribution in [2.75, 3.05) is 13.1 Å². The number of benzene rings is 2. The molecule has 26 heavy (non-hydrogen) atoms. The molecule has 0 bridgehead atoms. The number of halogens is 2. The Balaban J connectivity index is 1.76. The van der Waals surface area contributed by atoms with Gasteiger partial charge in [0.1, 0.15) is 11.6 Å². The lowest BCUT2D eigenvalue weighted by Crippen LogP contribution is -2.31. The molecule has 2 aromatic carbocycles. The van der Waals surface area contributed by atoms with Gasteiger partial charge in [-0.25, -0.2) is 8.78 Å². The molecule has 2 aliphatic rings. The van der Waals surface area contributed by atoms with Gasteiger partial charge < -0.3 is 10.1 Å². The second-order valence-corrected chi connectivity index (χ2v) is 7.17. The van der Waals surface area contributed by atoms with E-state index in [1.54, 1.807) is 13.0 Å². The molecule has 0 spiro atoms. The van der Waals surface area contributed by atoms with Crippen molar-refractivity contribution in [2.45, 2.75) is 37.5 Å². The fraction of sp³-hybridized carbons (Fsp3) is 0.381. The van der Waals surface area contributed by atoms with Crippen LogP contribution in [0.1, 0.15) is 54.1 Å². The molecule has 3 nitrogen and oxygen atoms in total. The minimum absolute atomic E-state index is 0.136. The van der Waals surface area contributed by atoms with Crippen LogP contribution in [0.3, 0.4) is 0 Å². The number of ether oxygens (including phenoxy) is 1. The van der Waals surface area contributed by atoms with Crippen LogP contribution in [0, 0.1) is 17.1 Å². The van der Waals surface area contributed by atoms with E-state index in [0.717, 1.165) is 37.6 Å². The Labute approximate surface area is 151 Å². The van der Waals surface area contributed by atoms with Gasteiger partial charge in [-0.1, -0.05) is 24.3 Å². The number of alkyl halides is 1. The first kappa shape index (κ1) is 17.0. The maximum absolute atomic E-state index is 15.4. The molecular weight excluding hydrogens is 334 g/mol. The molecule has 2 aliphatic heterocycles. The first-order valence-electron chi connectivity index (χ1n) is 8.91. The predicted octanol–water partition coefficient (Wildman–Crippen LogP) is 4.48. The minimum Gasteiger partial charge on any atom is -0.479 e. The van der Waals surface area contributed by atoms with E-state index >= 15 is 4.39 Å². The number of nitrogens with zero attached hydrogens (tertiary/aromatic N) is 1. The lowest BCUT2D eigenvalue weighted by atomic mass is 9.86. The van der Waals surface area contributed by atoms with Crippen LogP contribution in [-0.2, 0) is 5.60 Å². The highest BCUT2D eigenvalue weighted by Crippen LogP contribution is 2.54. The summed E-state index contributed by atoms with van der Waals surface area (Å²) in [5.74, 6) is 0.246. The SMILES string of the molecule is CC1(c2ccc(C#N)cc2F)Oc2c(C3CCNCC3)cccc2C1F. The molecule has 0 radical (unpaired) electrons. The molecule has 2 unspecified atom stereocenters. The number of hydrogen-bond donors (Lipinski definition) is 1. The molecule has 0 aromatic heterocycles. The quantitative estimate of drug-likeness (QED) is 0.865. The summed E-state index contributed by atoms with van der Waals surface area (Å²) < 4.78 is 36.1. The maximum atomic E-state index is 15.4. The van der Waals surface area contributed by atoms with Crippen molar-refractivity contribution in [1.82, 2.24) is 5.32 Å². The van der Waals surface area contributed by atoms with Crippen molar-refractivity contribution in [3.05, 3.63) is 64.5 Å². The summed E-state index contributed by atoms with van der Waals surface area (Å²) in [5.41, 5.74) is 0.382. The van der Waals surface area contributed by atoms with Gasteiger partial charge in [0.25, 0.3) is 0 Å². The van der Waals surface area contributed by atoms with Gasteiger partial charge in [0.15, 0.2) is 11.8 Å². The Morgan fingerprint density at radius 2 is 1.92 bits per heavy atom. The van der Waals surface area contributed by atoms with E-state index in [-0.39, 0.29) is 11.1 Å². The first-order chi connectivity index (χ1) is 12.5. The van der Waals surface area contributed by atoms with Crippen LogP contribution in [0.4, 0.5) is 8.78 Å². The molecule has 0 saturated carbocycles. The van der Waals surface area contributed by atoms with Gasteiger partial charge in [0, 0.05) is 11.1 Å². The van der Waals surface area contributed by atoms with Crippen molar-refractivity contribution in [3.63, 3.8) is 0 Å². The number of rotatable bonds is 2. The fourth-order valence-electron chi connectivity index (χ4n) is 4.08. The minimum atomic E-state index is -1.47. The highest BCUT2D eigenvalue weighted by atomic mass is 19.1. The normalized spacial score (nSPS) is 25.4. The van der Waals surface area contributed by atoms with Gasteiger partial charge in [-0.3, -0.25) is 0 Å². The van der Waals surface area contributed by atoms with Gasteiger partial charge in [-0.05, 0) is 56.5 Å². The zero-order chi connectivity index (χ0) is 18.3. The third-order valence-corrected chi connectivity index (χ3v) is 5.56. The third kappa shape index (κ3) is 2.57. The molecule has 1 N–H and O–H groups in total. The van der Waals surface area contributed by atoms with Crippen molar-refractivity contribution >= 4 is 0 Å². The topological polar surface area (TPSA) is 45.0 Å². The lowest BCUT2D eigenvalue weighted by molar-refractivity contribution is 0.0275. The smallest absolute Gasteiger partial charge is 0.172 e. The Morgan fingerprint density at radius 1 is 1.19 bits per heavy atom. The van der Waals surface area contributed by atoms with Crippen LogP contribution in [0.2, 0.25) is 0 Å². The van der Waals surface area contributed by atoms with E-state index in [1.165, 1.54) is 12.1 Å². The van der Waals surface area contributed by atoms with E-state index in [1.807, 2.05) is 18.2 Å². The summed E-state index contributed by atoms with van der Waals surface area (Å²) in [6.45, 7) is 3.43. The average molecular weight is 354 g/mol. The van der Waals surface area contributed by atoms with Gasteiger partial charge in [-0.15, -0.1) is 0 Å². The molecule has 1 fully saturated rings. The summed E-state index contributed by atoms with van der Waals surface area (Å²) in [6, 6.07) is 11.5. The molecule has 2 heterocycles. The van der Waals surface area contributed by atoms with E-state index in [9.17, 15) is 4.39 Å². The van der Waals surface area contributed by atoms with E-state index in [4.69, 9.17) is 10.00 Å². The number of fused-ring (bicyclic) bond motifs is 1. The second-order valence-electron chi connectivity index (χ2n) is 7.17. The molecular formula is C21H20F2N2O. The number of hydrogen-bond acceptors (Lipinski definition) is 3. The largest absolute Gasteiger partial charge is 0.479 e. The zero-order valence-electron chi connectivity index (χ0n) is 14.6. The van der Waals surface area contributed by atoms with Gasteiger partial charge in [-0.2, -0.15) is 5.26 Å². The second kappa shape index (κ2) is 6.37. The number of nitrogens with one attached hydrogen (secondary N) is 1. The maximum Gasteiger partial charge on any atom is 0.172 e. The molecule has 2 atom stereocenters. The highest BCUT2D eigenvalue weighted by Gasteiger charge is 2.49. The van der Waals surface area contributed by atoms with Crippen LogP contribution in [0.25, 0.3) is 0 Å². The van der Waals surface area contributed by atoms with Crippen molar-refractivity contribution in [1.29, 1.82) is 5.26 Å². The van der Waals surface area contributed by atoms with Crippen LogP contribution < -0.4 is 10.1 Å². The molecule has 1 saturated heterocycles. The number of para-hydroxylation sites is 1. The number of piperidine rings is 1. The van der Waals surface area contributed by atoms with Crippen LogP contribution >= 0.6 is 0 Å². The Bertz CT molecular complexity index is 886. The van der Waals surface area contributed by atoms with E-state index in [0.29, 0.717) is 17.2 Å². The highest BCUT2D eigenvalue weighted by molar-refractivity contribution is 5.51. The summed E-state index contributed by atoms with van der Waals surface area (Å²) in [5, 5.41) is 12.3. The molecule has 4 rings (SSSR count). The standard InChI is InChI=1S/C21H20F2N2O/c1-21(17-6-5-13(12-24)11-18(17)22)20(23)16-4-2-3-15(19(16)26-21)14-7-9-25-10-8-14/h2-6,11,14,20,25H,7-10H2,1H3. The number of nitriles is 1. The molecule has 0 aliphatic carbocycles. The van der Waals surface area contributed by atoms with Gasteiger partial charge in [0.05, 0.1) is 11.6 Å². The van der Waals surface area contributed by atoms with Crippen molar-refractivity contribution < 1.29 is 13.5 Å². The Hall–Kier alpha value is -2.45. The van der Waals surface area contributed by atoms with Crippen molar-refractivity contribution in [2.24, 2.45) is 0 Å². The van der Waals surface area contributed by atoms with Crippen LogP contribution in [0.5, 0.6) is 5.75 Å². The fourth-order valence-corrected chi connectivity index (χ4v) is 4.08. The van der Waals surface area contributed by atoms with Gasteiger partial charge in [0.2, 0.25) is 0 Å². The first-order valence-corrected chi connectivity index (χ1v) is 8.91. The third-order valence-electron chi connectivity index (χ3n) is 5.56. The van der Waals surface area contributed by atoms with Crippen LogP contribution in [-0.4, -0.2) is 13.1 Å². The van der Waals surface area contributed by atoms with E-state index in [2.05, 4.69) is 5.32 Å². The average Bonchev–Trinajstić information content (AvgIpc) is 2.93. The summed E-state index contributed by atoms with van der Waals surface area (Å²) in [4.78, 5) is 0. The van der Waals surface area contributed by atoms with Crippen LogP contribution in [0.15, 0.2) is 36.4 Å². The Morgan fingerprint density at radius 3 is 2.62 bits per heavy atom. The molecule has 5 heteroatoms.